The van der Waals surface area contributed by atoms with Crippen molar-refractivity contribution >= 4 is 5.91 Å². The Morgan fingerprint density at radius 2 is 0.744 bits per heavy atom. The Morgan fingerprint density at radius 1 is 0.400 bits per heavy atom. The number of hydrogen-bond acceptors (Lipinski definition) is 18. The predicted octanol–water partition coefficient (Wildman–Crippen LogP) is 9.55. The monoisotopic (exact) mass is 1280 g/mol. The molecule has 17 unspecified atom stereocenters. The lowest BCUT2D eigenvalue weighted by Gasteiger charge is -2.48. The Morgan fingerprint density at radius 3 is 1.19 bits per heavy atom. The Hall–Kier alpha value is -2.51. The molecule has 19 heteroatoms. The average molecular weight is 1280 g/mol. The highest BCUT2D eigenvalue weighted by molar-refractivity contribution is 5.76. The number of rotatable bonds is 54. The maximum atomic E-state index is 13.4. The average Bonchev–Trinajstić information content (AvgIpc) is 0.847. The topological polar surface area (TPSA) is 307 Å². The molecule has 0 aromatic carbocycles. The molecular formula is C71H127NO18. The molecule has 0 saturated carbocycles. The lowest BCUT2D eigenvalue weighted by molar-refractivity contribution is -0.379. The van der Waals surface area contributed by atoms with Crippen LogP contribution in [0.1, 0.15) is 251 Å². The molecule has 90 heavy (non-hydrogen) atoms. The molecule has 0 radical (unpaired) electrons. The van der Waals surface area contributed by atoms with Crippen LogP contribution in [0, 0.1) is 0 Å². The fourth-order valence-electron chi connectivity index (χ4n) is 11.7. The summed E-state index contributed by atoms with van der Waals surface area (Å²) in [6.45, 7) is 1.71. The Kier molecular flexibility index (Phi) is 47.9. The number of aliphatic hydroxyl groups excluding tert-OH is 11. The van der Waals surface area contributed by atoms with E-state index in [9.17, 15) is 61.0 Å². The van der Waals surface area contributed by atoms with Gasteiger partial charge in [-0.25, -0.2) is 0 Å². The van der Waals surface area contributed by atoms with E-state index in [0.29, 0.717) is 12.8 Å². The van der Waals surface area contributed by atoms with Crippen molar-refractivity contribution in [1.82, 2.24) is 5.32 Å². The van der Waals surface area contributed by atoms with Crippen molar-refractivity contribution in [3.63, 3.8) is 0 Å². The van der Waals surface area contributed by atoms with Crippen LogP contribution in [0.3, 0.4) is 0 Å². The minimum Gasteiger partial charge on any atom is -0.394 e. The van der Waals surface area contributed by atoms with E-state index in [-0.39, 0.29) is 18.9 Å². The minimum atomic E-state index is -1.98. The molecule has 3 aliphatic rings. The largest absolute Gasteiger partial charge is 0.394 e. The summed E-state index contributed by atoms with van der Waals surface area (Å²) >= 11 is 0. The molecule has 3 fully saturated rings. The number of nitrogens with one attached hydrogen (secondary N) is 1. The quantitative estimate of drug-likeness (QED) is 0.0199. The molecule has 3 saturated heterocycles. The van der Waals surface area contributed by atoms with Crippen molar-refractivity contribution in [2.45, 2.75) is 356 Å². The van der Waals surface area contributed by atoms with E-state index in [1.54, 1.807) is 6.08 Å². The first-order valence-corrected chi connectivity index (χ1v) is 35.5. The number of hydrogen-bond donors (Lipinski definition) is 12. The van der Waals surface area contributed by atoms with Crippen molar-refractivity contribution in [3.8, 4) is 0 Å². The van der Waals surface area contributed by atoms with E-state index in [2.05, 4.69) is 67.8 Å². The molecule has 1 amide bonds. The molecule has 3 rings (SSSR count). The summed E-state index contributed by atoms with van der Waals surface area (Å²) in [4.78, 5) is 13.4. The number of aliphatic hydroxyl groups is 11. The van der Waals surface area contributed by atoms with Crippen molar-refractivity contribution in [3.05, 3.63) is 60.8 Å². The molecular weight excluding hydrogens is 1150 g/mol. The van der Waals surface area contributed by atoms with Crippen molar-refractivity contribution in [2.24, 2.45) is 0 Å². The summed E-state index contributed by atoms with van der Waals surface area (Å²) in [5.41, 5.74) is 0. The first-order valence-electron chi connectivity index (χ1n) is 35.5. The first kappa shape index (κ1) is 81.7. The molecule has 3 aliphatic heterocycles. The third-order valence-electron chi connectivity index (χ3n) is 17.5. The second kappa shape index (κ2) is 52.7. The highest BCUT2D eigenvalue weighted by Crippen LogP contribution is 2.33. The van der Waals surface area contributed by atoms with Gasteiger partial charge < -0.3 is 89.9 Å². The van der Waals surface area contributed by atoms with Gasteiger partial charge in [-0.15, -0.1) is 0 Å². The minimum absolute atomic E-state index is 0.229. The summed E-state index contributed by atoms with van der Waals surface area (Å²) in [5.74, 6) is -0.289. The second-order valence-corrected chi connectivity index (χ2v) is 25.3. The van der Waals surface area contributed by atoms with Crippen molar-refractivity contribution in [1.29, 1.82) is 0 Å². The van der Waals surface area contributed by atoms with Crippen LogP contribution in [0.2, 0.25) is 0 Å². The third-order valence-corrected chi connectivity index (χ3v) is 17.5. The fourth-order valence-corrected chi connectivity index (χ4v) is 11.7. The summed E-state index contributed by atoms with van der Waals surface area (Å²) in [7, 11) is 0. The molecule has 3 heterocycles. The van der Waals surface area contributed by atoms with Gasteiger partial charge in [0.05, 0.1) is 38.6 Å². The Bertz CT molecular complexity index is 1870. The lowest BCUT2D eigenvalue weighted by atomic mass is 9.96. The highest BCUT2D eigenvalue weighted by Gasteiger charge is 2.53. The van der Waals surface area contributed by atoms with Crippen LogP contribution in [0.5, 0.6) is 0 Å². The van der Waals surface area contributed by atoms with Gasteiger partial charge in [0.15, 0.2) is 18.9 Å². The molecule has 0 bridgehead atoms. The third kappa shape index (κ3) is 34.2. The van der Waals surface area contributed by atoms with Crippen LogP contribution < -0.4 is 5.32 Å². The van der Waals surface area contributed by atoms with Gasteiger partial charge in [-0.3, -0.25) is 4.79 Å². The zero-order valence-electron chi connectivity index (χ0n) is 55.4. The van der Waals surface area contributed by atoms with Gasteiger partial charge in [-0.1, -0.05) is 235 Å². The second-order valence-electron chi connectivity index (χ2n) is 25.3. The van der Waals surface area contributed by atoms with E-state index in [1.165, 1.54) is 154 Å². The van der Waals surface area contributed by atoms with Crippen LogP contribution >= 0.6 is 0 Å². The van der Waals surface area contributed by atoms with Gasteiger partial charge in [-0.05, 0) is 70.6 Å². The number of carbonyl (C=O) groups excluding carboxylic acids is 1. The van der Waals surface area contributed by atoms with Crippen LogP contribution in [0.25, 0.3) is 0 Å². The number of amides is 1. The molecule has 12 N–H and O–H groups in total. The van der Waals surface area contributed by atoms with Crippen LogP contribution in [0.4, 0.5) is 0 Å². The van der Waals surface area contributed by atoms with Gasteiger partial charge in [0.2, 0.25) is 5.91 Å². The molecule has 0 spiro atoms. The van der Waals surface area contributed by atoms with Crippen LogP contribution in [-0.2, 0) is 33.2 Å². The molecule has 0 aromatic rings. The van der Waals surface area contributed by atoms with Gasteiger partial charge in [0, 0.05) is 6.42 Å². The highest BCUT2D eigenvalue weighted by atomic mass is 16.8. The van der Waals surface area contributed by atoms with Crippen LogP contribution in [-0.4, -0.2) is 193 Å². The van der Waals surface area contributed by atoms with Crippen molar-refractivity contribution < 1.29 is 89.4 Å². The van der Waals surface area contributed by atoms with E-state index in [0.717, 1.165) is 64.2 Å². The first-order chi connectivity index (χ1) is 43.8. The molecule has 0 aromatic heterocycles. The van der Waals surface area contributed by atoms with E-state index < -0.39 is 124 Å². The van der Waals surface area contributed by atoms with E-state index in [4.69, 9.17) is 28.4 Å². The smallest absolute Gasteiger partial charge is 0.220 e. The van der Waals surface area contributed by atoms with Gasteiger partial charge in [0.25, 0.3) is 0 Å². The molecule has 19 nitrogen and oxygen atoms in total. The van der Waals surface area contributed by atoms with Gasteiger partial charge in [0.1, 0.15) is 73.2 Å². The molecule has 17 atom stereocenters. The summed E-state index contributed by atoms with van der Waals surface area (Å²) in [5, 5.41) is 121. The maximum absolute atomic E-state index is 13.4. The standard InChI is InChI=1S/C71H127NO18/c1-3-5-7-9-11-13-15-17-19-21-23-25-26-27-28-29-31-33-35-37-39-41-43-45-47-49-59(77)72-54(55(76)48-46-44-42-40-38-36-34-32-30-24-22-20-18-16-14-12-10-8-6-4-2)53-85-69-65(83)62(80)67(57(51-74)87-69)90-71-66(84)63(81)68(58(52-75)88-71)89-70-64(82)61(79)60(78)56(50-73)86-70/h15,17,21,23,26-27,38,40,46,48,54-58,60-71,73-76,78-84H,3-14,16,18-20,22,24-25,28-37,39,41-45,47,49-53H2,1-2H3,(H,72,77)/b17-15-,23-21-,27-26-,40-38+,48-46+. The van der Waals surface area contributed by atoms with Gasteiger partial charge in [-0.2, -0.15) is 0 Å². The summed E-state index contributed by atoms with van der Waals surface area (Å²) in [6, 6.07) is -0.995. The maximum Gasteiger partial charge on any atom is 0.220 e. The Balaban J connectivity index is 1.45. The number of allylic oxidation sites excluding steroid dienone is 9. The van der Waals surface area contributed by atoms with Gasteiger partial charge >= 0.3 is 0 Å². The summed E-state index contributed by atoms with van der Waals surface area (Å²) in [6.07, 6.45) is 37.6. The fraction of sp³-hybridized carbons (Fsp3) is 0.845. The normalized spacial score (nSPS) is 28.4. The number of unbranched alkanes of at least 4 members (excludes halogenated alkanes) is 30. The zero-order chi connectivity index (χ0) is 65.4. The SMILES string of the molecule is CCCCCCC/C=C\C/C=C\C/C=C\CCCCCCCCCCCCC(=O)NC(COC1OC(CO)C(OC2OC(CO)C(OC3OC(CO)C(O)C(O)C3O)C(O)C2O)C(O)C1O)C(O)/C=C/CC/C=C/CCCCCCCCCCCCCCCC. The molecule has 0 aliphatic carbocycles. The van der Waals surface area contributed by atoms with E-state index in [1.807, 2.05) is 6.08 Å². The number of ether oxygens (including phenoxy) is 6. The van der Waals surface area contributed by atoms with E-state index >= 15 is 0 Å². The van der Waals surface area contributed by atoms with Crippen molar-refractivity contribution in [2.75, 3.05) is 26.4 Å². The number of carbonyl (C=O) groups is 1. The Labute approximate surface area is 541 Å². The van der Waals surface area contributed by atoms with Crippen LogP contribution in [0.15, 0.2) is 60.8 Å². The predicted molar refractivity (Wildman–Crippen MR) is 351 cm³/mol. The summed E-state index contributed by atoms with van der Waals surface area (Å²) < 4.78 is 34.3. The lowest BCUT2D eigenvalue weighted by Crippen LogP contribution is -2.66. The zero-order valence-corrected chi connectivity index (χ0v) is 55.4. The molecule has 524 valence electrons.